The summed E-state index contributed by atoms with van der Waals surface area (Å²) < 4.78 is 1.62. The van der Waals surface area contributed by atoms with Crippen LogP contribution in [0, 0.1) is 0 Å². The fourth-order valence-corrected chi connectivity index (χ4v) is 1.86. The van der Waals surface area contributed by atoms with Crippen LogP contribution in [0.2, 0.25) is 0 Å². The molecule has 1 aromatic heterocycles. The molecule has 1 aromatic carbocycles. The average Bonchev–Trinajstić information content (AvgIpc) is 2.79. The van der Waals surface area contributed by atoms with Gasteiger partial charge in [-0.15, -0.1) is 0 Å². The Hall–Kier alpha value is -2.10. The van der Waals surface area contributed by atoms with Crippen molar-refractivity contribution in [2.45, 2.75) is 19.8 Å². The summed E-state index contributed by atoms with van der Waals surface area (Å²) in [7, 11) is 1.79. The van der Waals surface area contributed by atoms with Crippen molar-refractivity contribution in [2.75, 3.05) is 5.32 Å². The summed E-state index contributed by atoms with van der Waals surface area (Å²) in [6.45, 7) is 2.12. The lowest BCUT2D eigenvalue weighted by molar-refractivity contribution is 0.102. The van der Waals surface area contributed by atoms with Crippen molar-refractivity contribution in [1.29, 1.82) is 0 Å². The molecule has 0 radical (unpaired) electrons. The van der Waals surface area contributed by atoms with Crippen LogP contribution in [0.3, 0.4) is 0 Å². The van der Waals surface area contributed by atoms with Gasteiger partial charge in [-0.3, -0.25) is 9.48 Å². The molecule has 2 rings (SSSR count). The number of para-hydroxylation sites is 1. The molecule has 1 amide bonds. The minimum absolute atomic E-state index is 0.119. The number of carbonyl (C=O) groups excluding carboxylic acids is 1. The third-order valence-corrected chi connectivity index (χ3v) is 2.75. The summed E-state index contributed by atoms with van der Waals surface area (Å²) in [5.41, 5.74) is 2.62. The molecule has 1 heterocycles. The fourth-order valence-electron chi connectivity index (χ4n) is 1.86. The molecule has 0 aliphatic carbocycles. The Kier molecular flexibility index (Phi) is 3.77. The van der Waals surface area contributed by atoms with Crippen molar-refractivity contribution in [3.8, 4) is 0 Å². The zero-order chi connectivity index (χ0) is 13.0. The lowest BCUT2D eigenvalue weighted by Gasteiger charge is -2.09. The lowest BCUT2D eigenvalue weighted by atomic mass is 10.1. The van der Waals surface area contributed by atoms with Crippen molar-refractivity contribution in [3.63, 3.8) is 0 Å². The molecule has 4 heteroatoms. The molecular weight excluding hydrogens is 226 g/mol. The highest BCUT2D eigenvalue weighted by Gasteiger charge is 2.09. The highest BCUT2D eigenvalue weighted by Crippen LogP contribution is 2.17. The van der Waals surface area contributed by atoms with Gasteiger partial charge in [0.25, 0.3) is 5.91 Å². The van der Waals surface area contributed by atoms with Crippen molar-refractivity contribution in [3.05, 3.63) is 47.8 Å². The molecular formula is C14H17N3O. The number of carbonyl (C=O) groups is 1. The van der Waals surface area contributed by atoms with Crippen LogP contribution in [-0.4, -0.2) is 15.7 Å². The Balaban J connectivity index is 2.16. The molecule has 0 atom stereocenters. The summed E-state index contributed by atoms with van der Waals surface area (Å²) in [4.78, 5) is 12.0. The van der Waals surface area contributed by atoms with Gasteiger partial charge in [-0.1, -0.05) is 31.5 Å². The number of rotatable bonds is 4. The third-order valence-electron chi connectivity index (χ3n) is 2.75. The van der Waals surface area contributed by atoms with Crippen LogP contribution >= 0.6 is 0 Å². The number of aromatic nitrogens is 2. The van der Waals surface area contributed by atoms with Crippen LogP contribution in [0.5, 0.6) is 0 Å². The Morgan fingerprint density at radius 1 is 1.39 bits per heavy atom. The van der Waals surface area contributed by atoms with Gasteiger partial charge in [0.05, 0.1) is 11.8 Å². The summed E-state index contributed by atoms with van der Waals surface area (Å²) in [6, 6.07) is 7.89. The smallest absolute Gasteiger partial charge is 0.258 e. The highest BCUT2D eigenvalue weighted by atomic mass is 16.1. The van der Waals surface area contributed by atoms with Crippen LogP contribution in [0.4, 0.5) is 5.69 Å². The minimum atomic E-state index is -0.119. The number of amides is 1. The van der Waals surface area contributed by atoms with Crippen molar-refractivity contribution in [1.82, 2.24) is 9.78 Å². The number of nitrogens with zero attached hydrogens (tertiary/aromatic N) is 2. The van der Waals surface area contributed by atoms with Gasteiger partial charge in [0.1, 0.15) is 0 Å². The first-order chi connectivity index (χ1) is 8.70. The minimum Gasteiger partial charge on any atom is -0.322 e. The van der Waals surface area contributed by atoms with Gasteiger partial charge in [0.15, 0.2) is 0 Å². The van der Waals surface area contributed by atoms with E-state index in [0.29, 0.717) is 5.56 Å². The van der Waals surface area contributed by atoms with E-state index >= 15 is 0 Å². The van der Waals surface area contributed by atoms with E-state index in [1.165, 1.54) is 0 Å². The van der Waals surface area contributed by atoms with E-state index in [1.807, 2.05) is 24.3 Å². The number of hydrogen-bond acceptors (Lipinski definition) is 2. The van der Waals surface area contributed by atoms with Crippen molar-refractivity contribution in [2.24, 2.45) is 7.05 Å². The standard InChI is InChI=1S/C14H17N3O/c1-3-6-11-7-4-5-8-13(11)16-14(18)12-9-15-17(2)10-12/h4-5,7-10H,3,6H2,1-2H3,(H,16,18). The molecule has 1 N–H and O–H groups in total. The first-order valence-corrected chi connectivity index (χ1v) is 6.08. The van der Waals surface area contributed by atoms with E-state index in [1.54, 1.807) is 24.1 Å². The van der Waals surface area contributed by atoms with Crippen molar-refractivity contribution < 1.29 is 4.79 Å². The largest absolute Gasteiger partial charge is 0.322 e. The summed E-state index contributed by atoms with van der Waals surface area (Å²) in [5, 5.41) is 6.93. The topological polar surface area (TPSA) is 46.9 Å². The Morgan fingerprint density at radius 2 is 2.17 bits per heavy atom. The predicted octanol–water partition coefficient (Wildman–Crippen LogP) is 2.62. The zero-order valence-electron chi connectivity index (χ0n) is 10.7. The predicted molar refractivity (Wildman–Crippen MR) is 71.6 cm³/mol. The van der Waals surface area contributed by atoms with Gasteiger partial charge in [0.2, 0.25) is 0 Å². The van der Waals surface area contributed by atoms with E-state index in [-0.39, 0.29) is 5.91 Å². The molecule has 0 spiro atoms. The van der Waals surface area contributed by atoms with Crippen LogP contribution in [-0.2, 0) is 13.5 Å². The highest BCUT2D eigenvalue weighted by molar-refractivity contribution is 6.04. The summed E-state index contributed by atoms with van der Waals surface area (Å²) in [6.07, 6.45) is 5.29. The maximum Gasteiger partial charge on any atom is 0.258 e. The normalized spacial score (nSPS) is 10.3. The summed E-state index contributed by atoms with van der Waals surface area (Å²) in [5.74, 6) is -0.119. The molecule has 0 saturated heterocycles. The Morgan fingerprint density at radius 3 is 2.83 bits per heavy atom. The molecule has 18 heavy (non-hydrogen) atoms. The third kappa shape index (κ3) is 2.77. The van der Waals surface area contributed by atoms with Gasteiger partial charge in [0, 0.05) is 18.9 Å². The van der Waals surface area contributed by atoms with Gasteiger partial charge in [-0.25, -0.2) is 0 Å². The number of hydrogen-bond donors (Lipinski definition) is 1. The molecule has 2 aromatic rings. The monoisotopic (exact) mass is 243 g/mol. The maximum absolute atomic E-state index is 12.0. The first kappa shape index (κ1) is 12.4. The maximum atomic E-state index is 12.0. The van der Waals surface area contributed by atoms with Crippen molar-refractivity contribution >= 4 is 11.6 Å². The van der Waals surface area contributed by atoms with Gasteiger partial charge < -0.3 is 5.32 Å². The van der Waals surface area contributed by atoms with Crippen LogP contribution in [0.15, 0.2) is 36.7 Å². The molecule has 0 unspecified atom stereocenters. The van der Waals surface area contributed by atoms with E-state index in [0.717, 1.165) is 24.1 Å². The van der Waals surface area contributed by atoms with Crippen LogP contribution in [0.25, 0.3) is 0 Å². The molecule has 94 valence electrons. The van der Waals surface area contributed by atoms with Gasteiger partial charge in [-0.05, 0) is 18.1 Å². The Bertz CT molecular complexity index is 545. The second-order valence-corrected chi connectivity index (χ2v) is 4.26. The van der Waals surface area contributed by atoms with Crippen LogP contribution < -0.4 is 5.32 Å². The average molecular weight is 243 g/mol. The first-order valence-electron chi connectivity index (χ1n) is 6.08. The quantitative estimate of drug-likeness (QED) is 0.897. The van der Waals surface area contributed by atoms with Gasteiger partial charge in [-0.2, -0.15) is 5.10 Å². The van der Waals surface area contributed by atoms with Crippen LogP contribution in [0.1, 0.15) is 29.3 Å². The fraction of sp³-hybridized carbons (Fsp3) is 0.286. The molecule has 0 aliphatic rings. The number of benzene rings is 1. The lowest BCUT2D eigenvalue weighted by Crippen LogP contribution is -2.12. The molecule has 0 aliphatic heterocycles. The number of anilines is 1. The number of nitrogens with one attached hydrogen (secondary N) is 1. The number of aryl methyl sites for hydroxylation is 2. The molecule has 0 fully saturated rings. The SMILES string of the molecule is CCCc1ccccc1NC(=O)c1cnn(C)c1. The van der Waals surface area contributed by atoms with E-state index in [2.05, 4.69) is 17.3 Å². The Labute approximate surface area is 107 Å². The van der Waals surface area contributed by atoms with E-state index < -0.39 is 0 Å². The van der Waals surface area contributed by atoms with Gasteiger partial charge >= 0.3 is 0 Å². The van der Waals surface area contributed by atoms with E-state index in [4.69, 9.17) is 0 Å². The second kappa shape index (κ2) is 5.49. The summed E-state index contributed by atoms with van der Waals surface area (Å²) >= 11 is 0. The molecule has 0 bridgehead atoms. The second-order valence-electron chi connectivity index (χ2n) is 4.26. The zero-order valence-corrected chi connectivity index (χ0v) is 10.7. The van der Waals surface area contributed by atoms with E-state index in [9.17, 15) is 4.79 Å². The molecule has 4 nitrogen and oxygen atoms in total. The molecule has 0 saturated carbocycles.